The lowest BCUT2D eigenvalue weighted by Gasteiger charge is -2.23. The van der Waals surface area contributed by atoms with Crippen molar-refractivity contribution in [1.82, 2.24) is 10.3 Å². The highest BCUT2D eigenvalue weighted by atomic mass is 32.2. The van der Waals surface area contributed by atoms with Gasteiger partial charge in [-0.3, -0.25) is 4.98 Å². The monoisotopic (exact) mass is 296 g/mol. The number of aryl methyl sites for hydroxylation is 1. The first kappa shape index (κ1) is 15.4. The van der Waals surface area contributed by atoms with Crippen molar-refractivity contribution in [2.24, 2.45) is 5.92 Å². The van der Waals surface area contributed by atoms with E-state index in [1.807, 2.05) is 19.2 Å². The average Bonchev–Trinajstić information content (AvgIpc) is 2.77. The van der Waals surface area contributed by atoms with Gasteiger partial charge in [-0.15, -0.1) is 0 Å². The molecule has 20 heavy (non-hydrogen) atoms. The molecule has 1 aliphatic heterocycles. The second kappa shape index (κ2) is 6.68. The maximum absolute atomic E-state index is 11.7. The Labute approximate surface area is 121 Å². The number of nitrogens with zero attached hydrogens (tertiary/aromatic N) is 1. The fraction of sp³-hybridized carbons (Fsp3) is 0.667. The van der Waals surface area contributed by atoms with E-state index in [4.69, 9.17) is 0 Å². The Hall–Kier alpha value is -0.940. The Kier molecular flexibility index (Phi) is 5.16. The molecule has 1 aromatic rings. The van der Waals surface area contributed by atoms with Crippen LogP contribution in [0.1, 0.15) is 31.0 Å². The van der Waals surface area contributed by atoms with Gasteiger partial charge in [0.1, 0.15) is 0 Å². The fourth-order valence-corrected chi connectivity index (χ4v) is 4.60. The third-order valence-corrected chi connectivity index (χ3v) is 5.69. The molecule has 4 nitrogen and oxygen atoms in total. The van der Waals surface area contributed by atoms with Crippen LogP contribution in [0.2, 0.25) is 0 Å². The first-order valence-electron chi connectivity index (χ1n) is 7.35. The van der Waals surface area contributed by atoms with Crippen LogP contribution in [-0.2, 0) is 16.3 Å². The molecule has 2 heterocycles. The zero-order valence-corrected chi connectivity index (χ0v) is 13.1. The highest BCUT2D eigenvalue weighted by molar-refractivity contribution is 7.91. The summed E-state index contributed by atoms with van der Waals surface area (Å²) in [6, 6.07) is 4.31. The quantitative estimate of drug-likeness (QED) is 0.868. The first-order valence-corrected chi connectivity index (χ1v) is 9.17. The normalized spacial score (nSPS) is 22.8. The summed E-state index contributed by atoms with van der Waals surface area (Å²) in [4.78, 5) is 4.44. The molecular weight excluding hydrogens is 272 g/mol. The Bertz CT molecular complexity index is 525. The van der Waals surface area contributed by atoms with Crippen molar-refractivity contribution < 1.29 is 8.42 Å². The van der Waals surface area contributed by atoms with Gasteiger partial charge in [-0.05, 0) is 43.9 Å². The van der Waals surface area contributed by atoms with E-state index >= 15 is 0 Å². The molecule has 0 aromatic carbocycles. The van der Waals surface area contributed by atoms with Crippen LogP contribution in [-0.4, -0.2) is 37.5 Å². The van der Waals surface area contributed by atoms with E-state index in [1.165, 1.54) is 0 Å². The molecule has 2 unspecified atom stereocenters. The highest BCUT2D eigenvalue weighted by Gasteiger charge is 2.33. The number of aromatic nitrogens is 1. The topological polar surface area (TPSA) is 59.1 Å². The summed E-state index contributed by atoms with van der Waals surface area (Å²) >= 11 is 0. The Morgan fingerprint density at radius 1 is 1.45 bits per heavy atom. The van der Waals surface area contributed by atoms with E-state index in [9.17, 15) is 8.42 Å². The lowest BCUT2D eigenvalue weighted by Crippen LogP contribution is -2.39. The summed E-state index contributed by atoms with van der Waals surface area (Å²) in [7, 11) is -2.82. The van der Waals surface area contributed by atoms with Gasteiger partial charge in [-0.25, -0.2) is 8.42 Å². The van der Waals surface area contributed by atoms with Gasteiger partial charge in [0.2, 0.25) is 0 Å². The summed E-state index contributed by atoms with van der Waals surface area (Å²) in [6.45, 7) is 5.07. The second-order valence-corrected chi connectivity index (χ2v) is 7.98. The number of hydrogen-bond acceptors (Lipinski definition) is 4. The van der Waals surface area contributed by atoms with Crippen molar-refractivity contribution in [3.05, 3.63) is 29.6 Å². The van der Waals surface area contributed by atoms with E-state index < -0.39 is 9.84 Å². The molecule has 0 radical (unpaired) electrons. The van der Waals surface area contributed by atoms with E-state index in [-0.39, 0.29) is 12.0 Å². The molecule has 112 valence electrons. The van der Waals surface area contributed by atoms with Crippen LogP contribution in [0.4, 0.5) is 0 Å². The molecule has 1 fully saturated rings. The van der Waals surface area contributed by atoms with E-state index in [0.717, 1.165) is 37.1 Å². The number of rotatable bonds is 6. The number of sulfone groups is 1. The van der Waals surface area contributed by atoms with Gasteiger partial charge in [0.25, 0.3) is 0 Å². The molecule has 0 amide bonds. The van der Waals surface area contributed by atoms with Crippen molar-refractivity contribution in [3.63, 3.8) is 0 Å². The van der Waals surface area contributed by atoms with E-state index in [2.05, 4.69) is 23.3 Å². The molecular formula is C15H24N2O2S. The van der Waals surface area contributed by atoms with Gasteiger partial charge in [0.15, 0.2) is 9.84 Å². The molecule has 1 aromatic heterocycles. The number of nitrogens with one attached hydrogen (secondary N) is 1. The Morgan fingerprint density at radius 3 is 2.80 bits per heavy atom. The van der Waals surface area contributed by atoms with Crippen molar-refractivity contribution in [2.45, 2.75) is 39.2 Å². The van der Waals surface area contributed by atoms with Gasteiger partial charge in [0.05, 0.1) is 11.5 Å². The SMILES string of the molecule is CCCNC(Cc1ccc(C)cn1)C1CCS(=O)(=O)C1. The minimum Gasteiger partial charge on any atom is -0.313 e. The third-order valence-electron chi connectivity index (χ3n) is 3.89. The summed E-state index contributed by atoms with van der Waals surface area (Å²) in [5.74, 6) is 0.874. The molecule has 0 aliphatic carbocycles. The zero-order valence-electron chi connectivity index (χ0n) is 12.3. The fourth-order valence-electron chi connectivity index (χ4n) is 2.72. The van der Waals surface area contributed by atoms with Gasteiger partial charge in [-0.2, -0.15) is 0 Å². The predicted octanol–water partition coefficient (Wildman–Crippen LogP) is 1.74. The van der Waals surface area contributed by atoms with Crippen molar-refractivity contribution in [1.29, 1.82) is 0 Å². The predicted molar refractivity (Wildman–Crippen MR) is 81.5 cm³/mol. The first-order chi connectivity index (χ1) is 9.50. The molecule has 2 atom stereocenters. The van der Waals surface area contributed by atoms with Crippen LogP contribution in [0, 0.1) is 12.8 Å². The largest absolute Gasteiger partial charge is 0.313 e. The van der Waals surface area contributed by atoms with E-state index in [0.29, 0.717) is 11.5 Å². The van der Waals surface area contributed by atoms with Gasteiger partial charge in [0, 0.05) is 24.4 Å². The lowest BCUT2D eigenvalue weighted by molar-refractivity contribution is 0.377. The van der Waals surface area contributed by atoms with Crippen LogP contribution in [0.3, 0.4) is 0 Å². The maximum atomic E-state index is 11.7. The van der Waals surface area contributed by atoms with Gasteiger partial charge < -0.3 is 5.32 Å². The molecule has 1 N–H and O–H groups in total. The summed E-state index contributed by atoms with van der Waals surface area (Å²) in [5.41, 5.74) is 2.18. The second-order valence-electron chi connectivity index (χ2n) is 5.75. The summed E-state index contributed by atoms with van der Waals surface area (Å²) in [6.07, 6.45) is 4.50. The van der Waals surface area contributed by atoms with Crippen LogP contribution >= 0.6 is 0 Å². The van der Waals surface area contributed by atoms with Crippen LogP contribution in [0.5, 0.6) is 0 Å². The Balaban J connectivity index is 2.05. The van der Waals surface area contributed by atoms with Crippen molar-refractivity contribution in [2.75, 3.05) is 18.1 Å². The smallest absolute Gasteiger partial charge is 0.150 e. The molecule has 0 saturated carbocycles. The van der Waals surface area contributed by atoms with Gasteiger partial charge in [-0.1, -0.05) is 13.0 Å². The van der Waals surface area contributed by atoms with Crippen LogP contribution < -0.4 is 5.32 Å². The minimum absolute atomic E-state index is 0.211. The van der Waals surface area contributed by atoms with Crippen LogP contribution in [0.25, 0.3) is 0 Å². The van der Waals surface area contributed by atoms with Crippen LogP contribution in [0.15, 0.2) is 18.3 Å². The molecule has 2 rings (SSSR count). The maximum Gasteiger partial charge on any atom is 0.150 e. The lowest BCUT2D eigenvalue weighted by atomic mass is 9.94. The van der Waals surface area contributed by atoms with Crippen molar-refractivity contribution in [3.8, 4) is 0 Å². The molecule has 5 heteroatoms. The number of hydrogen-bond donors (Lipinski definition) is 1. The summed E-state index contributed by atoms with van der Waals surface area (Å²) in [5, 5.41) is 3.51. The standard InChI is InChI=1S/C15H24N2O2S/c1-3-7-16-15(13-6-8-20(18,19)11-13)9-14-5-4-12(2)10-17-14/h4-5,10,13,15-16H,3,6-9,11H2,1-2H3. The average molecular weight is 296 g/mol. The molecule has 0 spiro atoms. The summed E-state index contributed by atoms with van der Waals surface area (Å²) < 4.78 is 23.3. The zero-order chi connectivity index (χ0) is 14.6. The van der Waals surface area contributed by atoms with E-state index in [1.54, 1.807) is 0 Å². The van der Waals surface area contributed by atoms with Crippen molar-refractivity contribution >= 4 is 9.84 Å². The van der Waals surface area contributed by atoms with Gasteiger partial charge >= 0.3 is 0 Å². The highest BCUT2D eigenvalue weighted by Crippen LogP contribution is 2.23. The third kappa shape index (κ3) is 4.28. The number of pyridine rings is 1. The molecule has 1 saturated heterocycles. The Morgan fingerprint density at radius 2 is 2.25 bits per heavy atom. The molecule has 1 aliphatic rings. The minimum atomic E-state index is -2.82. The molecule has 0 bridgehead atoms.